The normalized spacial score (nSPS) is 8.93. The Morgan fingerprint density at radius 2 is 1.40 bits per heavy atom. The third-order valence-electron chi connectivity index (χ3n) is 1.74. The van der Waals surface area contributed by atoms with Crippen LogP contribution in [0.3, 0.4) is 0 Å². The SMILES string of the molecule is O=Nc1ccccc(B(O)O)cccc1. The highest BCUT2D eigenvalue weighted by molar-refractivity contribution is 6.58. The van der Waals surface area contributed by atoms with Crippen molar-refractivity contribution in [2.24, 2.45) is 5.18 Å². The van der Waals surface area contributed by atoms with Gasteiger partial charge in [0, 0.05) is 0 Å². The zero-order valence-corrected chi connectivity index (χ0v) is 7.95. The van der Waals surface area contributed by atoms with Gasteiger partial charge in [0.05, 0.1) is 0 Å². The molecule has 0 aliphatic heterocycles. The summed E-state index contributed by atoms with van der Waals surface area (Å²) in [5.41, 5.74) is 0.670. The minimum absolute atomic E-state index is 0.303. The Bertz CT molecular complexity index is 367. The molecule has 76 valence electrons. The van der Waals surface area contributed by atoms with Gasteiger partial charge in [-0.15, -0.1) is 4.91 Å². The highest BCUT2D eigenvalue weighted by Gasteiger charge is 2.06. The molecule has 0 spiro atoms. The van der Waals surface area contributed by atoms with Crippen LogP contribution in [0.25, 0.3) is 0 Å². The molecule has 1 aromatic rings. The van der Waals surface area contributed by atoms with Crippen molar-refractivity contribution in [1.82, 2.24) is 0 Å². The van der Waals surface area contributed by atoms with Crippen LogP contribution >= 0.6 is 0 Å². The van der Waals surface area contributed by atoms with Crippen molar-refractivity contribution in [3.63, 3.8) is 0 Å². The fourth-order valence-electron chi connectivity index (χ4n) is 0.986. The number of nitrogens with zero attached hydrogens (tertiary/aromatic N) is 1. The van der Waals surface area contributed by atoms with E-state index >= 15 is 0 Å². The quantitative estimate of drug-likeness (QED) is 0.553. The molecular weight excluding hydrogens is 193 g/mol. The summed E-state index contributed by atoms with van der Waals surface area (Å²) in [7, 11) is -1.51. The second-order valence-electron chi connectivity index (χ2n) is 2.83. The molecule has 1 rings (SSSR count). The highest BCUT2D eigenvalue weighted by atomic mass is 16.4. The van der Waals surface area contributed by atoms with Crippen molar-refractivity contribution in [3.05, 3.63) is 53.4 Å². The Hall–Kier alpha value is -1.72. The van der Waals surface area contributed by atoms with E-state index in [1.807, 2.05) is 0 Å². The first-order valence-corrected chi connectivity index (χ1v) is 4.37. The second-order valence-corrected chi connectivity index (χ2v) is 2.83. The smallest absolute Gasteiger partial charge is 0.423 e. The van der Waals surface area contributed by atoms with Gasteiger partial charge in [-0.25, -0.2) is 0 Å². The van der Waals surface area contributed by atoms with Gasteiger partial charge in [0.2, 0.25) is 0 Å². The van der Waals surface area contributed by atoms with Crippen LogP contribution in [0.15, 0.2) is 53.7 Å². The van der Waals surface area contributed by atoms with Crippen molar-refractivity contribution < 1.29 is 10.0 Å². The Kier molecular flexibility index (Phi) is 4.47. The molecule has 0 fully saturated rings. The molecule has 0 saturated heterocycles. The summed E-state index contributed by atoms with van der Waals surface area (Å²) >= 11 is 0. The van der Waals surface area contributed by atoms with Gasteiger partial charge < -0.3 is 10.0 Å². The number of rotatable bonds is 2. The predicted molar refractivity (Wildman–Crippen MR) is 59.4 cm³/mol. The van der Waals surface area contributed by atoms with Gasteiger partial charge in [-0.3, -0.25) is 0 Å². The van der Waals surface area contributed by atoms with E-state index in [-0.39, 0.29) is 0 Å². The molecule has 1 aromatic carbocycles. The topological polar surface area (TPSA) is 69.9 Å². The minimum Gasteiger partial charge on any atom is -0.423 e. The Labute approximate surface area is 87.6 Å². The fraction of sp³-hybridized carbons (Fsp3) is 0. The van der Waals surface area contributed by atoms with Crippen molar-refractivity contribution in [1.29, 1.82) is 0 Å². The van der Waals surface area contributed by atoms with Crippen LogP contribution in [-0.4, -0.2) is 17.2 Å². The lowest BCUT2D eigenvalue weighted by molar-refractivity contribution is 0.426. The van der Waals surface area contributed by atoms with E-state index in [0.717, 1.165) is 0 Å². The molecule has 0 bridgehead atoms. The summed E-state index contributed by atoms with van der Waals surface area (Å²) in [6.07, 6.45) is 0. The van der Waals surface area contributed by atoms with Gasteiger partial charge >= 0.3 is 7.12 Å². The molecule has 0 aliphatic carbocycles. The van der Waals surface area contributed by atoms with Gasteiger partial charge in [-0.05, 0) is 22.8 Å². The van der Waals surface area contributed by atoms with E-state index in [1.165, 1.54) is 12.1 Å². The van der Waals surface area contributed by atoms with Gasteiger partial charge in [0.1, 0.15) is 5.69 Å². The fourth-order valence-corrected chi connectivity index (χ4v) is 0.986. The van der Waals surface area contributed by atoms with E-state index in [0.29, 0.717) is 11.2 Å². The van der Waals surface area contributed by atoms with Crippen LogP contribution in [-0.2, 0) is 0 Å². The van der Waals surface area contributed by atoms with Crippen LogP contribution < -0.4 is 5.46 Å². The molecule has 5 heteroatoms. The first-order chi connectivity index (χ1) is 7.24. The molecule has 0 amide bonds. The molecule has 15 heavy (non-hydrogen) atoms. The minimum atomic E-state index is -1.51. The lowest BCUT2D eigenvalue weighted by Gasteiger charge is -1.93. The van der Waals surface area contributed by atoms with Crippen molar-refractivity contribution in [2.75, 3.05) is 0 Å². The lowest BCUT2D eigenvalue weighted by atomic mass is 9.81. The Morgan fingerprint density at radius 3 is 1.80 bits per heavy atom. The molecule has 2 N–H and O–H groups in total. The van der Waals surface area contributed by atoms with Crippen molar-refractivity contribution in [3.8, 4) is 0 Å². The lowest BCUT2D eigenvalue weighted by Crippen LogP contribution is -2.28. The van der Waals surface area contributed by atoms with Gasteiger partial charge in [0.25, 0.3) is 0 Å². The van der Waals surface area contributed by atoms with Crippen molar-refractivity contribution in [2.45, 2.75) is 0 Å². The maximum atomic E-state index is 10.3. The third-order valence-corrected chi connectivity index (χ3v) is 1.74. The molecule has 4 nitrogen and oxygen atoms in total. The third kappa shape index (κ3) is 3.89. The van der Waals surface area contributed by atoms with Crippen LogP contribution in [0.5, 0.6) is 0 Å². The first kappa shape index (κ1) is 11.4. The maximum absolute atomic E-state index is 10.3. The van der Waals surface area contributed by atoms with Gasteiger partial charge in [-0.1, -0.05) is 36.4 Å². The van der Waals surface area contributed by atoms with Crippen molar-refractivity contribution >= 4 is 18.3 Å². The zero-order chi connectivity index (χ0) is 11.1. The summed E-state index contributed by atoms with van der Waals surface area (Å²) < 4.78 is 0. The Balaban J connectivity index is 3.20. The maximum Gasteiger partial charge on any atom is 0.488 e. The predicted octanol–water partition coefficient (Wildman–Crippen LogP) is 0.889. The molecule has 0 aliphatic rings. The van der Waals surface area contributed by atoms with Crippen LogP contribution in [0.2, 0.25) is 0 Å². The summed E-state index contributed by atoms with van der Waals surface area (Å²) in [4.78, 5) is 10.3. The molecule has 0 unspecified atom stereocenters. The van der Waals surface area contributed by atoms with E-state index in [2.05, 4.69) is 5.18 Å². The summed E-state index contributed by atoms with van der Waals surface area (Å²) in [5.74, 6) is 0. The Morgan fingerprint density at radius 1 is 0.933 bits per heavy atom. The second kappa shape index (κ2) is 5.90. The largest absolute Gasteiger partial charge is 0.488 e. The molecule has 0 aromatic heterocycles. The van der Waals surface area contributed by atoms with Gasteiger partial charge in [0.15, 0.2) is 0 Å². The first-order valence-electron chi connectivity index (χ1n) is 4.37. The van der Waals surface area contributed by atoms with Crippen LogP contribution in [0.1, 0.15) is 0 Å². The van der Waals surface area contributed by atoms with E-state index in [9.17, 15) is 4.91 Å². The zero-order valence-electron chi connectivity index (χ0n) is 7.95. The summed E-state index contributed by atoms with van der Waals surface area (Å²) in [6.45, 7) is 0. The highest BCUT2D eigenvalue weighted by Crippen LogP contribution is 2.04. The average Bonchev–Trinajstić information content (AvgIpc) is 2.24. The molecule has 0 saturated carbocycles. The van der Waals surface area contributed by atoms with E-state index in [4.69, 9.17) is 10.0 Å². The molecular formula is C10H10BNO3. The van der Waals surface area contributed by atoms with E-state index < -0.39 is 7.12 Å². The van der Waals surface area contributed by atoms with Crippen LogP contribution in [0.4, 0.5) is 5.69 Å². The standard InChI is InChI=1S/C10H10BNO3/c13-11(14)9-5-1-3-7-10(12-15)8-4-2-6-9/h1-8,13-14H. The average molecular weight is 203 g/mol. The molecule has 0 heterocycles. The number of nitroso groups, excluding NO2 is 1. The number of hydrogen-bond donors (Lipinski definition) is 2. The molecule has 0 atom stereocenters. The molecule has 0 radical (unpaired) electrons. The van der Waals surface area contributed by atoms with Crippen LogP contribution in [0, 0.1) is 4.91 Å². The summed E-state index contributed by atoms with van der Waals surface area (Å²) in [6, 6.07) is 12.5. The van der Waals surface area contributed by atoms with E-state index in [1.54, 1.807) is 36.4 Å². The monoisotopic (exact) mass is 203 g/mol. The van der Waals surface area contributed by atoms with Gasteiger partial charge in [-0.2, -0.15) is 0 Å². The number of hydrogen-bond acceptors (Lipinski definition) is 4. The summed E-state index contributed by atoms with van der Waals surface area (Å²) in [5, 5.41) is 20.7.